The van der Waals surface area contributed by atoms with Gasteiger partial charge in [0.15, 0.2) is 5.76 Å². The fraction of sp³-hybridized carbons (Fsp3) is 0.143. The van der Waals surface area contributed by atoms with Crippen LogP contribution in [0.5, 0.6) is 5.75 Å². The molecule has 0 aliphatic carbocycles. The molecule has 0 spiro atoms. The van der Waals surface area contributed by atoms with Crippen molar-refractivity contribution in [1.29, 1.82) is 0 Å². The van der Waals surface area contributed by atoms with Crippen molar-refractivity contribution in [2.24, 2.45) is 0 Å². The van der Waals surface area contributed by atoms with Gasteiger partial charge in [0.05, 0.1) is 19.1 Å². The summed E-state index contributed by atoms with van der Waals surface area (Å²) in [5, 5.41) is 5.31. The predicted octanol–water partition coefficient (Wildman–Crippen LogP) is 2.50. The smallest absolute Gasteiger partial charge is 0.291 e. The molecule has 2 amide bonds. The number of hydrogen-bond acceptors (Lipinski definition) is 4. The zero-order chi connectivity index (χ0) is 14.5. The summed E-state index contributed by atoms with van der Waals surface area (Å²) in [4.78, 5) is 22.9. The van der Waals surface area contributed by atoms with E-state index in [0.717, 1.165) is 0 Å². The summed E-state index contributed by atoms with van der Waals surface area (Å²) in [6.07, 6.45) is 1.43. The van der Waals surface area contributed by atoms with Crippen LogP contribution in [-0.4, -0.2) is 18.9 Å². The van der Waals surface area contributed by atoms with Gasteiger partial charge in [-0.05, 0) is 24.3 Å². The third-order valence-corrected chi connectivity index (χ3v) is 2.52. The van der Waals surface area contributed by atoms with Crippen LogP contribution in [-0.2, 0) is 4.79 Å². The van der Waals surface area contributed by atoms with Crippen molar-refractivity contribution in [2.45, 2.75) is 6.92 Å². The van der Waals surface area contributed by atoms with Gasteiger partial charge in [-0.25, -0.2) is 0 Å². The fourth-order valence-electron chi connectivity index (χ4n) is 1.66. The van der Waals surface area contributed by atoms with Crippen molar-refractivity contribution in [3.8, 4) is 5.75 Å². The summed E-state index contributed by atoms with van der Waals surface area (Å²) in [6, 6.07) is 8.13. The predicted molar refractivity (Wildman–Crippen MR) is 74.0 cm³/mol. The summed E-state index contributed by atoms with van der Waals surface area (Å²) in [5.74, 6) is 0.118. The minimum Gasteiger partial charge on any atom is -0.494 e. The number of benzene rings is 1. The van der Waals surface area contributed by atoms with Gasteiger partial charge in [-0.3, -0.25) is 9.59 Å². The Labute approximate surface area is 115 Å². The molecular formula is C14H14N2O4. The molecular weight excluding hydrogens is 260 g/mol. The second-order valence-corrected chi connectivity index (χ2v) is 4.03. The molecule has 2 rings (SSSR count). The molecule has 6 nitrogen and oxygen atoms in total. The third kappa shape index (κ3) is 3.17. The third-order valence-electron chi connectivity index (χ3n) is 2.52. The van der Waals surface area contributed by atoms with Crippen molar-refractivity contribution in [2.75, 3.05) is 17.7 Å². The Hall–Kier alpha value is -2.76. The monoisotopic (exact) mass is 274 g/mol. The molecule has 0 saturated carbocycles. The van der Waals surface area contributed by atoms with Gasteiger partial charge in [-0.15, -0.1) is 0 Å². The van der Waals surface area contributed by atoms with Crippen LogP contribution in [0.15, 0.2) is 41.0 Å². The Morgan fingerprint density at radius 1 is 1.20 bits per heavy atom. The van der Waals surface area contributed by atoms with Crippen molar-refractivity contribution < 1.29 is 18.7 Å². The average Bonchev–Trinajstić information content (AvgIpc) is 2.94. The first-order valence-electron chi connectivity index (χ1n) is 5.90. The Bertz CT molecular complexity index is 620. The number of nitrogens with one attached hydrogen (secondary N) is 2. The molecule has 104 valence electrons. The van der Waals surface area contributed by atoms with E-state index in [1.165, 1.54) is 20.3 Å². The maximum atomic E-state index is 11.8. The number of ether oxygens (including phenoxy) is 1. The van der Waals surface area contributed by atoms with Crippen LogP contribution in [0.2, 0.25) is 0 Å². The fourth-order valence-corrected chi connectivity index (χ4v) is 1.66. The van der Waals surface area contributed by atoms with Crippen molar-refractivity contribution in [3.63, 3.8) is 0 Å². The lowest BCUT2D eigenvalue weighted by Gasteiger charge is -2.11. The molecule has 1 aromatic heterocycles. The molecule has 0 fully saturated rings. The summed E-state index contributed by atoms with van der Waals surface area (Å²) < 4.78 is 10.2. The molecule has 0 radical (unpaired) electrons. The average molecular weight is 274 g/mol. The summed E-state index contributed by atoms with van der Waals surface area (Å²) in [7, 11) is 1.48. The van der Waals surface area contributed by atoms with Crippen LogP contribution in [0.3, 0.4) is 0 Å². The van der Waals surface area contributed by atoms with E-state index in [-0.39, 0.29) is 17.6 Å². The van der Waals surface area contributed by atoms with E-state index in [1.807, 2.05) is 0 Å². The number of carbonyl (C=O) groups is 2. The lowest BCUT2D eigenvalue weighted by Crippen LogP contribution is -2.11. The van der Waals surface area contributed by atoms with E-state index in [0.29, 0.717) is 17.1 Å². The maximum Gasteiger partial charge on any atom is 0.291 e. The molecule has 20 heavy (non-hydrogen) atoms. The summed E-state index contributed by atoms with van der Waals surface area (Å²) >= 11 is 0. The van der Waals surface area contributed by atoms with Gasteiger partial charge >= 0.3 is 0 Å². The highest BCUT2D eigenvalue weighted by molar-refractivity contribution is 6.02. The topological polar surface area (TPSA) is 80.6 Å². The van der Waals surface area contributed by atoms with Gasteiger partial charge in [-0.1, -0.05) is 0 Å². The molecule has 2 aromatic rings. The molecule has 0 unspecified atom stereocenters. The van der Waals surface area contributed by atoms with E-state index in [4.69, 9.17) is 9.15 Å². The van der Waals surface area contributed by atoms with Crippen LogP contribution < -0.4 is 15.4 Å². The van der Waals surface area contributed by atoms with E-state index in [9.17, 15) is 9.59 Å². The standard InChI is InChI=1S/C14H14N2O4/c1-9(17)15-11-6-5-10(8-13(11)19-2)16-14(18)12-4-3-7-20-12/h3-8H,1-2H3,(H,15,17)(H,16,18). The molecule has 1 aromatic carbocycles. The Morgan fingerprint density at radius 2 is 2.00 bits per heavy atom. The van der Waals surface area contributed by atoms with Crippen LogP contribution in [0.1, 0.15) is 17.5 Å². The number of rotatable bonds is 4. The second kappa shape index (κ2) is 5.92. The molecule has 0 aliphatic heterocycles. The lowest BCUT2D eigenvalue weighted by atomic mass is 10.2. The van der Waals surface area contributed by atoms with Gasteiger partial charge in [0.2, 0.25) is 5.91 Å². The van der Waals surface area contributed by atoms with Crippen LogP contribution in [0.4, 0.5) is 11.4 Å². The molecule has 0 saturated heterocycles. The highest BCUT2D eigenvalue weighted by atomic mass is 16.5. The highest BCUT2D eigenvalue weighted by Gasteiger charge is 2.11. The second-order valence-electron chi connectivity index (χ2n) is 4.03. The van der Waals surface area contributed by atoms with E-state index < -0.39 is 0 Å². The number of carbonyl (C=O) groups excluding carboxylic acids is 2. The normalized spacial score (nSPS) is 9.90. The zero-order valence-corrected chi connectivity index (χ0v) is 11.1. The number of furan rings is 1. The Morgan fingerprint density at radius 3 is 2.60 bits per heavy atom. The molecule has 0 aliphatic rings. The summed E-state index contributed by atoms with van der Waals surface area (Å²) in [5.41, 5.74) is 1.08. The largest absolute Gasteiger partial charge is 0.494 e. The van der Waals surface area contributed by atoms with Gasteiger partial charge < -0.3 is 19.8 Å². The zero-order valence-electron chi connectivity index (χ0n) is 11.1. The molecule has 0 bridgehead atoms. The van der Waals surface area contributed by atoms with E-state index >= 15 is 0 Å². The molecule has 2 N–H and O–H groups in total. The SMILES string of the molecule is COc1cc(NC(=O)c2ccco2)ccc1NC(C)=O. The first kappa shape index (κ1) is 13.7. The van der Waals surface area contributed by atoms with Crippen LogP contribution in [0.25, 0.3) is 0 Å². The Balaban J connectivity index is 2.17. The Kier molecular flexibility index (Phi) is 4.05. The van der Waals surface area contributed by atoms with E-state index in [2.05, 4.69) is 10.6 Å². The van der Waals surface area contributed by atoms with Gasteiger partial charge in [0.1, 0.15) is 5.75 Å². The van der Waals surface area contributed by atoms with E-state index in [1.54, 1.807) is 30.3 Å². The van der Waals surface area contributed by atoms with Crippen molar-refractivity contribution >= 4 is 23.2 Å². The van der Waals surface area contributed by atoms with Gasteiger partial charge in [0.25, 0.3) is 5.91 Å². The maximum absolute atomic E-state index is 11.8. The molecule has 6 heteroatoms. The summed E-state index contributed by atoms with van der Waals surface area (Å²) in [6.45, 7) is 1.41. The highest BCUT2D eigenvalue weighted by Crippen LogP contribution is 2.28. The van der Waals surface area contributed by atoms with Crippen molar-refractivity contribution in [1.82, 2.24) is 0 Å². The van der Waals surface area contributed by atoms with Crippen LogP contribution in [0, 0.1) is 0 Å². The first-order chi connectivity index (χ1) is 9.60. The van der Waals surface area contributed by atoms with Crippen molar-refractivity contribution in [3.05, 3.63) is 42.4 Å². The minimum absolute atomic E-state index is 0.198. The minimum atomic E-state index is -0.357. The first-order valence-corrected chi connectivity index (χ1v) is 5.90. The van der Waals surface area contributed by atoms with Gasteiger partial charge in [-0.2, -0.15) is 0 Å². The number of amides is 2. The molecule has 0 atom stereocenters. The van der Waals surface area contributed by atoms with Crippen LogP contribution >= 0.6 is 0 Å². The van der Waals surface area contributed by atoms with Gasteiger partial charge in [0, 0.05) is 18.7 Å². The number of anilines is 2. The quantitative estimate of drug-likeness (QED) is 0.897. The molecule has 1 heterocycles. The number of methoxy groups -OCH3 is 1. The lowest BCUT2D eigenvalue weighted by molar-refractivity contribution is -0.114. The number of hydrogen-bond donors (Lipinski definition) is 2.